The molecule has 0 atom stereocenters. The third kappa shape index (κ3) is 4.82. The number of carboxylic acid groups (broad SMARTS) is 1. The summed E-state index contributed by atoms with van der Waals surface area (Å²) in [5.74, 6) is -1.36. The maximum absolute atomic E-state index is 13.5. The number of hydrogen-bond donors (Lipinski definition) is 2. The number of carbonyl (C=O) groups excluding carboxylic acids is 1. The van der Waals surface area contributed by atoms with Crippen molar-refractivity contribution in [2.45, 2.75) is 36.7 Å². The average Bonchev–Trinajstić information content (AvgIpc) is 3.37. The van der Waals surface area contributed by atoms with E-state index < -0.39 is 26.6 Å². The number of rotatable bonds is 7. The fourth-order valence-corrected chi connectivity index (χ4v) is 6.17. The maximum atomic E-state index is 13.5. The van der Waals surface area contributed by atoms with Gasteiger partial charge >= 0.3 is 16.2 Å². The molecule has 1 fully saturated rings. The molecule has 1 amide bonds. The van der Waals surface area contributed by atoms with Crippen LogP contribution in [0.5, 0.6) is 0 Å². The van der Waals surface area contributed by atoms with Crippen LogP contribution in [0.15, 0.2) is 65.7 Å². The molecule has 5 nitrogen and oxygen atoms in total. The van der Waals surface area contributed by atoms with Gasteiger partial charge in [0.15, 0.2) is 0 Å². The summed E-state index contributed by atoms with van der Waals surface area (Å²) in [7, 11) is -9.75. The van der Waals surface area contributed by atoms with E-state index >= 15 is 0 Å². The highest BCUT2D eigenvalue weighted by Gasteiger charge is 2.65. The molecule has 1 saturated carbocycles. The molecule has 1 aliphatic carbocycles. The third-order valence-electron chi connectivity index (χ3n) is 6.51. The number of aromatic nitrogens is 1. The summed E-state index contributed by atoms with van der Waals surface area (Å²) >= 11 is 1.40. The number of hydrogen-bond acceptors (Lipinski definition) is 3. The van der Waals surface area contributed by atoms with Crippen molar-refractivity contribution in [3.05, 3.63) is 87.9 Å². The highest BCUT2D eigenvalue weighted by molar-refractivity contribution is 8.45. The van der Waals surface area contributed by atoms with Crippen molar-refractivity contribution in [2.75, 3.05) is 0 Å². The minimum Gasteiger partial charge on any atom is -0.478 e. The van der Waals surface area contributed by atoms with E-state index in [1.165, 1.54) is 23.5 Å². The van der Waals surface area contributed by atoms with Gasteiger partial charge < -0.3 is 15.0 Å². The van der Waals surface area contributed by atoms with Crippen molar-refractivity contribution in [2.24, 2.45) is 0 Å². The van der Waals surface area contributed by atoms with Crippen molar-refractivity contribution in [3.63, 3.8) is 0 Å². The first kappa shape index (κ1) is 25.3. The number of amides is 1. The molecule has 0 aliphatic heterocycles. The van der Waals surface area contributed by atoms with Crippen molar-refractivity contribution in [1.29, 1.82) is 0 Å². The van der Waals surface area contributed by atoms with Gasteiger partial charge in [-0.3, -0.25) is 4.79 Å². The minimum absolute atomic E-state index is 0.0857. The van der Waals surface area contributed by atoms with Gasteiger partial charge in [0.25, 0.3) is 5.91 Å². The average molecular weight is 557 g/mol. The Labute approximate surface area is 212 Å². The quantitative estimate of drug-likeness (QED) is 0.228. The standard InChI is InChI=1S/C25H21F5N2O3S2/c1-15-21(23(33)31-25(11-12-25)18-6-4-17(5-7-18)24(34)35)22-20(36-15)10-13-32(22)14-16-2-8-19(9-3-16)37(26,27,28,29)30/h2-10,13H,11-12,14H2,1H3,(H,31,33)(H,34,35). The van der Waals surface area contributed by atoms with Crippen molar-refractivity contribution in [1.82, 2.24) is 9.88 Å². The van der Waals surface area contributed by atoms with Gasteiger partial charge in [0.1, 0.15) is 4.90 Å². The van der Waals surface area contributed by atoms with Crippen LogP contribution in [0.1, 0.15) is 49.6 Å². The van der Waals surface area contributed by atoms with Crippen molar-refractivity contribution in [3.8, 4) is 0 Å². The van der Waals surface area contributed by atoms with Crippen molar-refractivity contribution >= 4 is 43.7 Å². The highest BCUT2D eigenvalue weighted by atomic mass is 32.5. The molecule has 196 valence electrons. The number of nitrogens with zero attached hydrogens (tertiary/aromatic N) is 1. The monoisotopic (exact) mass is 556 g/mol. The maximum Gasteiger partial charge on any atom is 0.335 e. The first-order valence-electron chi connectivity index (χ1n) is 11.1. The molecule has 2 heterocycles. The molecule has 0 saturated heterocycles. The lowest BCUT2D eigenvalue weighted by Gasteiger charge is -2.40. The number of fused-ring (bicyclic) bond motifs is 1. The number of carbonyl (C=O) groups is 2. The number of benzene rings is 2. The lowest BCUT2D eigenvalue weighted by molar-refractivity contribution is 0.0696. The molecule has 0 bridgehead atoms. The number of aromatic carboxylic acids is 1. The lowest BCUT2D eigenvalue weighted by atomic mass is 10.0. The second-order valence-corrected chi connectivity index (χ2v) is 12.9. The zero-order chi connectivity index (χ0) is 26.9. The van der Waals surface area contributed by atoms with Crippen LogP contribution >= 0.6 is 21.6 Å². The SMILES string of the molecule is Cc1sc2ccn(Cc3ccc(S(F)(F)(F)(F)F)cc3)c2c1C(=O)NC1(c2ccc(C(=O)O)cc2)CC1. The van der Waals surface area contributed by atoms with E-state index in [0.29, 0.717) is 41.6 Å². The molecule has 2 aromatic heterocycles. The predicted octanol–water partition coefficient (Wildman–Crippen LogP) is 7.83. The highest BCUT2D eigenvalue weighted by Crippen LogP contribution is 3.02. The molecule has 4 aromatic rings. The van der Waals surface area contributed by atoms with Gasteiger partial charge in [0, 0.05) is 17.6 Å². The Kier molecular flexibility index (Phi) is 5.17. The normalized spacial score (nSPS) is 16.7. The van der Waals surface area contributed by atoms with E-state index in [1.807, 2.05) is 0 Å². The Morgan fingerprint density at radius 1 is 1.00 bits per heavy atom. The zero-order valence-corrected chi connectivity index (χ0v) is 20.9. The molecular formula is C25H21F5N2O3S2. The van der Waals surface area contributed by atoms with E-state index in [1.54, 1.807) is 35.9 Å². The minimum atomic E-state index is -9.75. The van der Waals surface area contributed by atoms with Gasteiger partial charge in [-0.25, -0.2) is 4.79 Å². The van der Waals surface area contributed by atoms with Gasteiger partial charge in [-0.1, -0.05) is 43.7 Å². The second-order valence-electron chi connectivity index (χ2n) is 9.22. The molecular weight excluding hydrogens is 535 g/mol. The molecule has 37 heavy (non-hydrogen) atoms. The van der Waals surface area contributed by atoms with Crippen molar-refractivity contribution < 1.29 is 34.1 Å². The summed E-state index contributed by atoms with van der Waals surface area (Å²) in [6.45, 7) is 1.89. The first-order valence-corrected chi connectivity index (χ1v) is 13.9. The first-order chi connectivity index (χ1) is 17.1. The Bertz CT molecular complexity index is 1550. The van der Waals surface area contributed by atoms with Crippen LogP contribution < -0.4 is 5.32 Å². The molecule has 5 rings (SSSR count). The Morgan fingerprint density at radius 3 is 2.16 bits per heavy atom. The van der Waals surface area contributed by atoms with Gasteiger partial charge in [-0.2, -0.15) is 0 Å². The van der Waals surface area contributed by atoms with Crippen LogP contribution in [0.25, 0.3) is 10.2 Å². The molecule has 12 heteroatoms. The Morgan fingerprint density at radius 2 is 1.62 bits per heavy atom. The van der Waals surface area contributed by atoms with Crippen LogP contribution in [0.2, 0.25) is 0 Å². The summed E-state index contributed by atoms with van der Waals surface area (Å²) in [4.78, 5) is 23.4. The molecule has 2 N–H and O–H groups in total. The van der Waals surface area contributed by atoms with Crippen LogP contribution in [0.4, 0.5) is 19.4 Å². The zero-order valence-electron chi connectivity index (χ0n) is 19.3. The Hall–Kier alpha value is -3.38. The predicted molar refractivity (Wildman–Crippen MR) is 133 cm³/mol. The molecule has 0 spiro atoms. The number of nitrogens with one attached hydrogen (secondary N) is 1. The smallest absolute Gasteiger partial charge is 0.335 e. The molecule has 0 unspecified atom stereocenters. The van der Waals surface area contributed by atoms with Crippen LogP contribution in [-0.4, -0.2) is 21.6 Å². The van der Waals surface area contributed by atoms with Crippen LogP contribution in [0, 0.1) is 6.92 Å². The number of carboxylic acids is 1. The molecule has 0 radical (unpaired) electrons. The van der Waals surface area contributed by atoms with Gasteiger partial charge in [-0.15, -0.1) is 11.3 Å². The van der Waals surface area contributed by atoms with E-state index in [9.17, 15) is 29.0 Å². The van der Waals surface area contributed by atoms with E-state index in [2.05, 4.69) is 5.32 Å². The number of aryl methyl sites for hydroxylation is 1. The van der Waals surface area contributed by atoms with Crippen LogP contribution in [0.3, 0.4) is 0 Å². The second kappa shape index (κ2) is 7.57. The Balaban J connectivity index is 1.42. The van der Waals surface area contributed by atoms with Gasteiger partial charge in [-0.05, 0) is 61.2 Å². The summed E-state index contributed by atoms with van der Waals surface area (Å²) in [5, 5.41) is 12.2. The molecule has 1 aliphatic rings. The molecule has 2 aromatic carbocycles. The fourth-order valence-electron chi connectivity index (χ4n) is 4.45. The summed E-state index contributed by atoms with van der Waals surface area (Å²) < 4.78 is 67.8. The third-order valence-corrected chi connectivity index (χ3v) is 8.74. The van der Waals surface area contributed by atoms with Crippen LogP contribution in [-0.2, 0) is 12.1 Å². The van der Waals surface area contributed by atoms with E-state index in [0.717, 1.165) is 27.3 Å². The number of halogens is 5. The largest absolute Gasteiger partial charge is 0.478 e. The summed E-state index contributed by atoms with van der Waals surface area (Å²) in [6, 6.07) is 10.9. The number of thiophene rings is 1. The van der Waals surface area contributed by atoms with Gasteiger partial charge in [0.05, 0.1) is 26.9 Å². The summed E-state index contributed by atoms with van der Waals surface area (Å²) in [5.41, 5.74) is 1.75. The van der Waals surface area contributed by atoms with E-state index in [-0.39, 0.29) is 18.0 Å². The topological polar surface area (TPSA) is 71.3 Å². The van der Waals surface area contributed by atoms with Gasteiger partial charge in [0.2, 0.25) is 0 Å². The lowest BCUT2D eigenvalue weighted by Crippen LogP contribution is -2.35. The van der Waals surface area contributed by atoms with E-state index in [4.69, 9.17) is 5.11 Å². The fraction of sp³-hybridized carbons (Fsp3) is 0.200. The summed E-state index contributed by atoms with van der Waals surface area (Å²) in [6.07, 6.45) is 3.08.